The van der Waals surface area contributed by atoms with Gasteiger partial charge < -0.3 is 19.5 Å². The Kier molecular flexibility index (Phi) is 6.26. The topological polar surface area (TPSA) is 59.0 Å². The van der Waals surface area contributed by atoms with E-state index < -0.39 is 6.10 Å². The number of hydrogen-bond acceptors (Lipinski definition) is 4. The van der Waals surface area contributed by atoms with Crippen molar-refractivity contribution in [1.29, 1.82) is 0 Å². The summed E-state index contributed by atoms with van der Waals surface area (Å²) in [7, 11) is 1.64. The Morgan fingerprint density at radius 3 is 2.65 bits per heavy atom. The second kappa shape index (κ2) is 8.83. The molecule has 0 spiro atoms. The number of aryl methyl sites for hydroxylation is 1. The zero-order valence-corrected chi connectivity index (χ0v) is 15.0. The average Bonchev–Trinajstić information content (AvgIpc) is 2.72. The highest BCUT2D eigenvalue weighted by atomic mass is 16.5. The Morgan fingerprint density at radius 1 is 1.19 bits per heavy atom. The number of benzene rings is 2. The minimum absolute atomic E-state index is 0.0616. The fourth-order valence-electron chi connectivity index (χ4n) is 3.51. The SMILES string of the molecule is COc1ccccc1CCC(=O)N1CCO[C@H](CO)[C@H]1c1ccccc1. The van der Waals surface area contributed by atoms with E-state index in [-0.39, 0.29) is 18.6 Å². The molecule has 0 bridgehead atoms. The monoisotopic (exact) mass is 355 g/mol. The van der Waals surface area contributed by atoms with Crippen LogP contribution in [-0.4, -0.2) is 48.9 Å². The highest BCUT2D eigenvalue weighted by Gasteiger charge is 2.35. The lowest BCUT2D eigenvalue weighted by Gasteiger charge is -2.41. The number of hydrogen-bond donors (Lipinski definition) is 1. The zero-order chi connectivity index (χ0) is 18.4. The van der Waals surface area contributed by atoms with E-state index in [9.17, 15) is 9.90 Å². The van der Waals surface area contributed by atoms with Gasteiger partial charge in [0.1, 0.15) is 11.9 Å². The summed E-state index contributed by atoms with van der Waals surface area (Å²) in [6, 6.07) is 17.3. The molecule has 5 nitrogen and oxygen atoms in total. The smallest absolute Gasteiger partial charge is 0.223 e. The number of methoxy groups -OCH3 is 1. The maximum absolute atomic E-state index is 13.0. The highest BCUT2D eigenvalue weighted by molar-refractivity contribution is 5.77. The first-order valence-electron chi connectivity index (χ1n) is 8.93. The van der Waals surface area contributed by atoms with Crippen LogP contribution in [0.25, 0.3) is 0 Å². The molecule has 1 aliphatic heterocycles. The van der Waals surface area contributed by atoms with Crippen LogP contribution in [0.1, 0.15) is 23.6 Å². The van der Waals surface area contributed by atoms with Crippen LogP contribution >= 0.6 is 0 Å². The van der Waals surface area contributed by atoms with Gasteiger partial charge in [0.05, 0.1) is 26.4 Å². The van der Waals surface area contributed by atoms with Gasteiger partial charge >= 0.3 is 0 Å². The van der Waals surface area contributed by atoms with Crippen LogP contribution in [-0.2, 0) is 16.0 Å². The number of nitrogens with zero attached hydrogens (tertiary/aromatic N) is 1. The van der Waals surface area contributed by atoms with E-state index in [1.54, 1.807) is 7.11 Å². The molecule has 138 valence electrons. The van der Waals surface area contributed by atoms with Gasteiger partial charge in [-0.3, -0.25) is 4.79 Å². The first kappa shape index (κ1) is 18.4. The molecule has 1 saturated heterocycles. The molecule has 2 atom stereocenters. The van der Waals surface area contributed by atoms with Crippen LogP contribution in [0.2, 0.25) is 0 Å². The predicted molar refractivity (Wildman–Crippen MR) is 99.0 cm³/mol. The highest BCUT2D eigenvalue weighted by Crippen LogP contribution is 2.30. The van der Waals surface area contributed by atoms with Crippen molar-refractivity contribution >= 4 is 5.91 Å². The Bertz CT molecular complexity index is 719. The number of ether oxygens (including phenoxy) is 2. The second-order valence-corrected chi connectivity index (χ2v) is 6.35. The maximum Gasteiger partial charge on any atom is 0.223 e. The van der Waals surface area contributed by atoms with Gasteiger partial charge in [-0.1, -0.05) is 48.5 Å². The predicted octanol–water partition coefficient (Wildman–Crippen LogP) is 2.59. The van der Waals surface area contributed by atoms with E-state index >= 15 is 0 Å². The normalized spacial score (nSPS) is 20.0. The number of amides is 1. The Hall–Kier alpha value is -2.37. The number of aliphatic hydroxyl groups is 1. The van der Waals surface area contributed by atoms with Gasteiger partial charge in [0.2, 0.25) is 5.91 Å². The minimum Gasteiger partial charge on any atom is -0.496 e. The lowest BCUT2D eigenvalue weighted by Crippen LogP contribution is -2.49. The van der Waals surface area contributed by atoms with Gasteiger partial charge in [0.25, 0.3) is 0 Å². The average molecular weight is 355 g/mol. The molecule has 0 radical (unpaired) electrons. The van der Waals surface area contributed by atoms with E-state index in [2.05, 4.69) is 0 Å². The maximum atomic E-state index is 13.0. The van der Waals surface area contributed by atoms with E-state index in [1.807, 2.05) is 59.5 Å². The summed E-state index contributed by atoms with van der Waals surface area (Å²) >= 11 is 0. The van der Waals surface area contributed by atoms with Gasteiger partial charge in [-0.05, 0) is 23.6 Å². The fraction of sp³-hybridized carbons (Fsp3) is 0.381. The lowest BCUT2D eigenvalue weighted by atomic mass is 9.97. The molecule has 0 aliphatic carbocycles. The Labute approximate surface area is 154 Å². The second-order valence-electron chi connectivity index (χ2n) is 6.35. The van der Waals surface area contributed by atoms with Crippen molar-refractivity contribution in [3.05, 3.63) is 65.7 Å². The summed E-state index contributed by atoms with van der Waals surface area (Å²) in [6.07, 6.45) is 0.606. The van der Waals surface area contributed by atoms with Crippen LogP contribution in [0, 0.1) is 0 Å². The summed E-state index contributed by atoms with van der Waals surface area (Å²) in [5.41, 5.74) is 2.00. The summed E-state index contributed by atoms with van der Waals surface area (Å²) in [5.74, 6) is 0.863. The molecule has 1 aliphatic rings. The van der Waals surface area contributed by atoms with Crippen LogP contribution in [0.4, 0.5) is 0 Å². The number of carbonyl (C=O) groups excluding carboxylic acids is 1. The quantitative estimate of drug-likeness (QED) is 0.865. The van der Waals surface area contributed by atoms with Crippen molar-refractivity contribution in [3.8, 4) is 5.75 Å². The first-order valence-corrected chi connectivity index (χ1v) is 8.93. The standard InChI is InChI=1S/C21H25NO4/c1-25-18-10-6-5-7-16(18)11-12-20(24)22-13-14-26-19(15-23)21(22)17-8-3-2-4-9-17/h2-10,19,21,23H,11-15H2,1H3/t19-,21-/m1/s1. The third kappa shape index (κ3) is 4.06. The van der Waals surface area contributed by atoms with Crippen molar-refractivity contribution in [3.63, 3.8) is 0 Å². The van der Waals surface area contributed by atoms with Crippen molar-refractivity contribution < 1.29 is 19.4 Å². The van der Waals surface area contributed by atoms with Crippen LogP contribution in [0.3, 0.4) is 0 Å². The minimum atomic E-state index is -0.402. The summed E-state index contributed by atoms with van der Waals surface area (Å²) in [6.45, 7) is 0.853. The molecule has 2 aromatic rings. The van der Waals surface area contributed by atoms with Crippen molar-refractivity contribution in [2.24, 2.45) is 0 Å². The van der Waals surface area contributed by atoms with Gasteiger partial charge in [0.15, 0.2) is 0 Å². The molecule has 1 heterocycles. The summed E-state index contributed by atoms with van der Waals surface area (Å²) in [5, 5.41) is 9.72. The largest absolute Gasteiger partial charge is 0.496 e. The van der Waals surface area contributed by atoms with Crippen molar-refractivity contribution in [2.45, 2.75) is 25.0 Å². The van der Waals surface area contributed by atoms with E-state index in [4.69, 9.17) is 9.47 Å². The van der Waals surface area contributed by atoms with E-state index in [0.717, 1.165) is 16.9 Å². The molecule has 0 unspecified atom stereocenters. The molecule has 0 saturated carbocycles. The number of carbonyl (C=O) groups is 1. The number of para-hydroxylation sites is 1. The third-order valence-electron chi connectivity index (χ3n) is 4.79. The molecular weight excluding hydrogens is 330 g/mol. The fourth-order valence-corrected chi connectivity index (χ4v) is 3.51. The molecule has 1 N–H and O–H groups in total. The molecule has 0 aromatic heterocycles. The van der Waals surface area contributed by atoms with Crippen LogP contribution in [0.5, 0.6) is 5.75 Å². The Balaban J connectivity index is 1.75. The number of aliphatic hydroxyl groups excluding tert-OH is 1. The van der Waals surface area contributed by atoms with Crippen LogP contribution < -0.4 is 4.74 Å². The molecular formula is C21H25NO4. The third-order valence-corrected chi connectivity index (χ3v) is 4.79. The first-order chi connectivity index (χ1) is 12.7. The molecule has 1 amide bonds. The molecule has 5 heteroatoms. The zero-order valence-electron chi connectivity index (χ0n) is 15.0. The summed E-state index contributed by atoms with van der Waals surface area (Å²) in [4.78, 5) is 14.8. The molecule has 2 aromatic carbocycles. The lowest BCUT2D eigenvalue weighted by molar-refractivity contribution is -0.149. The van der Waals surface area contributed by atoms with E-state index in [0.29, 0.717) is 26.0 Å². The van der Waals surface area contributed by atoms with Crippen LogP contribution in [0.15, 0.2) is 54.6 Å². The van der Waals surface area contributed by atoms with Crippen molar-refractivity contribution in [2.75, 3.05) is 26.9 Å². The number of morpholine rings is 1. The van der Waals surface area contributed by atoms with Gasteiger partial charge in [-0.15, -0.1) is 0 Å². The Morgan fingerprint density at radius 2 is 1.92 bits per heavy atom. The van der Waals surface area contributed by atoms with E-state index in [1.165, 1.54) is 0 Å². The molecule has 1 fully saturated rings. The summed E-state index contributed by atoms with van der Waals surface area (Å²) < 4.78 is 11.1. The van der Waals surface area contributed by atoms with Gasteiger partial charge in [0, 0.05) is 13.0 Å². The molecule has 3 rings (SSSR count). The molecule has 26 heavy (non-hydrogen) atoms. The number of rotatable bonds is 6. The van der Waals surface area contributed by atoms with Crippen molar-refractivity contribution in [1.82, 2.24) is 4.90 Å². The van der Waals surface area contributed by atoms with Gasteiger partial charge in [-0.2, -0.15) is 0 Å². The van der Waals surface area contributed by atoms with Gasteiger partial charge in [-0.25, -0.2) is 0 Å².